The lowest BCUT2D eigenvalue weighted by atomic mass is 9.99. The van der Waals surface area contributed by atoms with Gasteiger partial charge >= 0.3 is 6.09 Å². The molecule has 3 N–H and O–H groups in total. The number of hydrogen-bond donors (Lipinski definition) is 3. The third kappa shape index (κ3) is 4.99. The maximum Gasteiger partial charge on any atom is 0.415 e. The number of piperidine rings is 1. The number of carbonyl (C=O) groups is 1. The number of ether oxygens (including phenoxy) is 1. The summed E-state index contributed by atoms with van der Waals surface area (Å²) in [6.45, 7) is 5.25. The third-order valence-corrected chi connectivity index (χ3v) is 6.85. The van der Waals surface area contributed by atoms with Crippen molar-refractivity contribution in [1.29, 1.82) is 0 Å². The van der Waals surface area contributed by atoms with Gasteiger partial charge in [-0.25, -0.2) is 19.3 Å². The van der Waals surface area contributed by atoms with Crippen LogP contribution in [0.15, 0.2) is 35.9 Å². The average molecular weight is 475 g/mol. The van der Waals surface area contributed by atoms with E-state index in [1.165, 1.54) is 10.8 Å². The quantitative estimate of drug-likeness (QED) is 0.356. The highest BCUT2D eigenvalue weighted by atomic mass is 32.2. The molecule has 4 heterocycles. The van der Waals surface area contributed by atoms with E-state index in [0.29, 0.717) is 41.0 Å². The lowest BCUT2D eigenvalue weighted by molar-refractivity contribution is 0.133. The van der Waals surface area contributed by atoms with Crippen LogP contribution in [0.4, 0.5) is 4.79 Å². The lowest BCUT2D eigenvalue weighted by Gasteiger charge is -2.30. The molecule has 0 unspecified atom stereocenters. The van der Waals surface area contributed by atoms with Crippen molar-refractivity contribution < 1.29 is 14.6 Å². The van der Waals surface area contributed by atoms with Crippen LogP contribution in [0.2, 0.25) is 0 Å². The number of pyridine rings is 1. The molecule has 0 atom stereocenters. The fourth-order valence-corrected chi connectivity index (χ4v) is 4.90. The van der Waals surface area contributed by atoms with E-state index in [1.807, 2.05) is 20.0 Å². The molecule has 1 amide bonds. The molecular weight excluding hydrogens is 448 g/mol. The van der Waals surface area contributed by atoms with Crippen LogP contribution in [-0.2, 0) is 0 Å². The van der Waals surface area contributed by atoms with E-state index < -0.39 is 0 Å². The van der Waals surface area contributed by atoms with E-state index in [9.17, 15) is 9.90 Å². The Morgan fingerprint density at radius 3 is 2.72 bits per heavy atom. The maximum absolute atomic E-state index is 12.5. The van der Waals surface area contributed by atoms with Crippen molar-refractivity contribution in [3.63, 3.8) is 0 Å². The second kappa shape index (κ2) is 9.78. The normalized spacial score (nSPS) is 14.8. The molecule has 3 aromatic rings. The Hall–Kier alpha value is -2.79. The minimum atomic E-state index is -0.375. The minimum Gasteiger partial charge on any atom is -0.493 e. The summed E-state index contributed by atoms with van der Waals surface area (Å²) in [5, 5.41) is 11.4. The first kappa shape index (κ1) is 22.4. The maximum atomic E-state index is 12.5. The number of aromatic amines is 2. The molecule has 1 fully saturated rings. The predicted octanol–water partition coefficient (Wildman–Crippen LogP) is 4.49. The molecule has 0 saturated carbocycles. The highest BCUT2D eigenvalue weighted by Gasteiger charge is 2.24. The second-order valence-corrected chi connectivity index (χ2v) is 9.41. The summed E-state index contributed by atoms with van der Waals surface area (Å²) in [6, 6.07) is 3.31. The predicted molar refractivity (Wildman–Crippen MR) is 124 cm³/mol. The summed E-state index contributed by atoms with van der Waals surface area (Å²) in [7, 11) is 0. The standard InChI is InChI=1S/C21H26N6O3S2/c1-13(2)17-18(28)27(20(31)25-17)16-4-3-15(11-24-16)30-21(29)26-9-5-14(6-10-26)12-32-19-22-7-8-23-19/h3-4,7-8,11,13-14,28H,5-6,9-10,12H2,1-2H3,(H,22,23)(H,25,31). The molecule has 1 aliphatic heterocycles. The van der Waals surface area contributed by atoms with Crippen molar-refractivity contribution in [2.24, 2.45) is 5.92 Å². The van der Waals surface area contributed by atoms with Crippen LogP contribution in [0.3, 0.4) is 0 Å². The van der Waals surface area contributed by atoms with Crippen molar-refractivity contribution >= 4 is 30.1 Å². The molecule has 0 bridgehead atoms. The average Bonchev–Trinajstić information content (AvgIpc) is 3.41. The van der Waals surface area contributed by atoms with Gasteiger partial charge in [0.1, 0.15) is 5.82 Å². The molecule has 170 valence electrons. The van der Waals surface area contributed by atoms with Crippen molar-refractivity contribution in [3.05, 3.63) is 41.2 Å². The number of amides is 1. The van der Waals surface area contributed by atoms with E-state index in [0.717, 1.165) is 23.8 Å². The van der Waals surface area contributed by atoms with Gasteiger partial charge < -0.3 is 24.7 Å². The summed E-state index contributed by atoms with van der Waals surface area (Å²) in [5.41, 5.74) is 0.651. The first-order chi connectivity index (χ1) is 15.4. The van der Waals surface area contributed by atoms with Crippen molar-refractivity contribution in [3.8, 4) is 17.4 Å². The molecule has 0 aliphatic carbocycles. The SMILES string of the molecule is CC(C)c1[nH]c(=S)n(-c2ccc(OC(=O)N3CCC(CSc4ncc[nH]4)CC3)cn2)c1O. The largest absolute Gasteiger partial charge is 0.493 e. The number of aromatic nitrogens is 5. The number of H-pyrrole nitrogens is 2. The minimum absolute atomic E-state index is 0.0373. The topological polar surface area (TPSA) is 112 Å². The first-order valence-electron chi connectivity index (χ1n) is 10.5. The van der Waals surface area contributed by atoms with Gasteiger partial charge in [-0.05, 0) is 49.0 Å². The van der Waals surface area contributed by atoms with E-state index >= 15 is 0 Å². The zero-order valence-electron chi connectivity index (χ0n) is 17.9. The molecule has 9 nitrogen and oxygen atoms in total. The number of imidazole rings is 2. The monoisotopic (exact) mass is 474 g/mol. The van der Waals surface area contributed by atoms with Crippen LogP contribution in [0.5, 0.6) is 11.6 Å². The van der Waals surface area contributed by atoms with Crippen LogP contribution in [0.1, 0.15) is 38.3 Å². The molecular formula is C21H26N6O3S2. The molecule has 1 saturated heterocycles. The van der Waals surface area contributed by atoms with Gasteiger partial charge in [0.2, 0.25) is 5.88 Å². The van der Waals surface area contributed by atoms with Crippen LogP contribution in [0.25, 0.3) is 5.82 Å². The number of hydrogen-bond acceptors (Lipinski definition) is 7. The molecule has 0 radical (unpaired) electrons. The second-order valence-electron chi connectivity index (χ2n) is 8.01. The Balaban J connectivity index is 1.31. The Bertz CT molecular complexity index is 1100. The number of nitrogens with one attached hydrogen (secondary N) is 2. The van der Waals surface area contributed by atoms with E-state index in [1.54, 1.807) is 35.0 Å². The van der Waals surface area contributed by atoms with Crippen molar-refractivity contribution in [1.82, 2.24) is 29.4 Å². The molecule has 0 spiro atoms. The summed E-state index contributed by atoms with van der Waals surface area (Å²) >= 11 is 7.02. The molecule has 32 heavy (non-hydrogen) atoms. The molecule has 4 rings (SSSR count). The number of nitrogens with zero attached hydrogens (tertiary/aromatic N) is 4. The highest BCUT2D eigenvalue weighted by Crippen LogP contribution is 2.28. The first-order valence-corrected chi connectivity index (χ1v) is 11.9. The zero-order chi connectivity index (χ0) is 22.7. The van der Waals surface area contributed by atoms with E-state index in [4.69, 9.17) is 17.0 Å². The van der Waals surface area contributed by atoms with Gasteiger partial charge in [-0.15, -0.1) is 0 Å². The number of thioether (sulfide) groups is 1. The highest BCUT2D eigenvalue weighted by molar-refractivity contribution is 7.99. The Morgan fingerprint density at radius 1 is 1.34 bits per heavy atom. The summed E-state index contributed by atoms with van der Waals surface area (Å²) in [5.74, 6) is 2.45. The van der Waals surface area contributed by atoms with Gasteiger partial charge in [-0.1, -0.05) is 25.6 Å². The summed E-state index contributed by atoms with van der Waals surface area (Å²) in [4.78, 5) is 28.9. The van der Waals surface area contributed by atoms with Crippen molar-refractivity contribution in [2.75, 3.05) is 18.8 Å². The Morgan fingerprint density at radius 2 is 2.12 bits per heavy atom. The van der Waals surface area contributed by atoms with Gasteiger partial charge in [0.05, 0.1) is 11.9 Å². The smallest absolute Gasteiger partial charge is 0.415 e. The van der Waals surface area contributed by atoms with Crippen LogP contribution >= 0.6 is 24.0 Å². The van der Waals surface area contributed by atoms with E-state index in [2.05, 4.69) is 19.9 Å². The lowest BCUT2D eigenvalue weighted by Crippen LogP contribution is -2.40. The Kier molecular flexibility index (Phi) is 6.85. The van der Waals surface area contributed by atoms with Crippen LogP contribution in [0, 0.1) is 10.7 Å². The third-order valence-electron chi connectivity index (χ3n) is 5.43. The number of carbonyl (C=O) groups excluding carboxylic acids is 1. The van der Waals surface area contributed by atoms with Crippen LogP contribution in [-0.4, -0.2) is 59.4 Å². The number of rotatable bonds is 6. The fourth-order valence-electron chi connectivity index (χ4n) is 3.60. The number of likely N-dealkylation sites (tertiary alicyclic amines) is 1. The Labute approximate surface area is 195 Å². The van der Waals surface area contributed by atoms with Crippen LogP contribution < -0.4 is 4.74 Å². The summed E-state index contributed by atoms with van der Waals surface area (Å²) in [6.07, 6.45) is 6.53. The molecule has 1 aliphatic rings. The zero-order valence-corrected chi connectivity index (χ0v) is 19.6. The van der Waals surface area contributed by atoms with Gasteiger partial charge in [0, 0.05) is 31.2 Å². The van der Waals surface area contributed by atoms with Gasteiger partial charge in [0.25, 0.3) is 0 Å². The number of aromatic hydroxyl groups is 1. The van der Waals surface area contributed by atoms with Crippen molar-refractivity contribution in [2.45, 2.75) is 37.8 Å². The summed E-state index contributed by atoms with van der Waals surface area (Å²) < 4.78 is 7.32. The fraction of sp³-hybridized carbons (Fsp3) is 0.429. The molecule has 3 aromatic heterocycles. The van der Waals surface area contributed by atoms with Gasteiger partial charge in [-0.2, -0.15) is 0 Å². The molecule has 11 heteroatoms. The van der Waals surface area contributed by atoms with Gasteiger partial charge in [-0.3, -0.25) is 0 Å². The molecule has 0 aromatic carbocycles. The van der Waals surface area contributed by atoms with Gasteiger partial charge in [0.15, 0.2) is 15.7 Å². The van der Waals surface area contributed by atoms with E-state index in [-0.39, 0.29) is 17.9 Å².